The van der Waals surface area contributed by atoms with Gasteiger partial charge in [0.05, 0.1) is 11.4 Å². The van der Waals surface area contributed by atoms with Gasteiger partial charge in [-0.15, -0.1) is 0 Å². The minimum absolute atomic E-state index is 0.736. The van der Waals surface area contributed by atoms with Gasteiger partial charge in [-0.05, 0) is 63.1 Å². The molecule has 0 bridgehead atoms. The van der Waals surface area contributed by atoms with E-state index < -0.39 is 0 Å². The van der Waals surface area contributed by atoms with Gasteiger partial charge in [0.1, 0.15) is 0 Å². The summed E-state index contributed by atoms with van der Waals surface area (Å²) in [6, 6.07) is 9.90. The van der Waals surface area contributed by atoms with Crippen molar-refractivity contribution >= 4 is 17.5 Å². The predicted molar refractivity (Wildman–Crippen MR) is 98.1 cm³/mol. The molecule has 24 heavy (non-hydrogen) atoms. The fourth-order valence-electron chi connectivity index (χ4n) is 3.13. The summed E-state index contributed by atoms with van der Waals surface area (Å²) in [5.41, 5.74) is 2.98. The molecule has 0 N–H and O–H groups in total. The minimum Gasteiger partial charge on any atom is -0.341 e. The van der Waals surface area contributed by atoms with Gasteiger partial charge in [0, 0.05) is 29.6 Å². The maximum absolute atomic E-state index is 6.02. The number of nitrogens with zero attached hydrogens (tertiary/aromatic N) is 3. The summed E-state index contributed by atoms with van der Waals surface area (Å²) in [6.07, 6.45) is 12.0. The molecular weight excluding hydrogens is 318 g/mol. The summed E-state index contributed by atoms with van der Waals surface area (Å²) in [4.78, 5) is 12.0. The summed E-state index contributed by atoms with van der Waals surface area (Å²) in [7, 11) is 0. The molecule has 2 heterocycles. The Kier molecular flexibility index (Phi) is 4.70. The van der Waals surface area contributed by atoms with Crippen LogP contribution in [-0.2, 0) is 0 Å². The van der Waals surface area contributed by atoms with Gasteiger partial charge >= 0.3 is 0 Å². The van der Waals surface area contributed by atoms with Gasteiger partial charge in [0.2, 0.25) is 5.95 Å². The quantitative estimate of drug-likeness (QED) is 0.824. The van der Waals surface area contributed by atoms with Crippen LogP contribution in [0.3, 0.4) is 0 Å². The van der Waals surface area contributed by atoms with E-state index in [2.05, 4.69) is 23.8 Å². The number of hydrogen-bond acceptors (Lipinski definition) is 3. The number of halogens is 1. The molecule has 1 aliphatic carbocycles. The van der Waals surface area contributed by atoms with Crippen LogP contribution < -0.4 is 4.90 Å². The van der Waals surface area contributed by atoms with Crippen molar-refractivity contribution in [1.82, 2.24) is 9.97 Å². The summed E-state index contributed by atoms with van der Waals surface area (Å²) in [5, 5.41) is 0.736. The SMILES string of the molecule is Clc1ccc(-c2cc([C]3[CH][CH][CH][CH]3)nc(N3CCCCC3)n2)cc1. The molecule has 0 atom stereocenters. The zero-order chi connectivity index (χ0) is 16.4. The van der Waals surface area contributed by atoms with Gasteiger partial charge in [-0.25, -0.2) is 9.97 Å². The first kappa shape index (κ1) is 15.9. The van der Waals surface area contributed by atoms with Crippen molar-refractivity contribution in [3.05, 3.63) is 72.6 Å². The zero-order valence-corrected chi connectivity index (χ0v) is 14.2. The van der Waals surface area contributed by atoms with E-state index in [0.717, 1.165) is 46.9 Å². The van der Waals surface area contributed by atoms with Gasteiger partial charge in [-0.3, -0.25) is 0 Å². The Morgan fingerprint density at radius 2 is 1.50 bits per heavy atom. The number of anilines is 1. The van der Waals surface area contributed by atoms with E-state index in [9.17, 15) is 0 Å². The highest BCUT2D eigenvalue weighted by molar-refractivity contribution is 6.30. The first-order chi connectivity index (χ1) is 11.8. The van der Waals surface area contributed by atoms with E-state index in [1.807, 2.05) is 37.1 Å². The third kappa shape index (κ3) is 3.41. The van der Waals surface area contributed by atoms with Crippen LogP contribution >= 0.6 is 11.6 Å². The molecule has 1 aromatic carbocycles. The van der Waals surface area contributed by atoms with Gasteiger partial charge in [0.15, 0.2) is 0 Å². The average Bonchev–Trinajstić information content (AvgIpc) is 3.17. The first-order valence-electron chi connectivity index (χ1n) is 8.42. The predicted octanol–water partition coefficient (Wildman–Crippen LogP) is 4.54. The molecule has 0 unspecified atom stereocenters. The normalized spacial score (nSPS) is 19.0. The Balaban J connectivity index is 1.73. The second-order valence-corrected chi connectivity index (χ2v) is 6.60. The van der Waals surface area contributed by atoms with Gasteiger partial charge in [0.25, 0.3) is 0 Å². The van der Waals surface area contributed by atoms with Crippen molar-refractivity contribution in [3.8, 4) is 11.3 Å². The van der Waals surface area contributed by atoms with E-state index in [0.29, 0.717) is 0 Å². The second kappa shape index (κ2) is 7.10. The smallest absolute Gasteiger partial charge is 0.226 e. The monoisotopic (exact) mass is 336 g/mol. The lowest BCUT2D eigenvalue weighted by molar-refractivity contribution is 0.568. The van der Waals surface area contributed by atoms with Gasteiger partial charge in [-0.1, -0.05) is 23.7 Å². The molecule has 0 amide bonds. The lowest BCUT2D eigenvalue weighted by atomic mass is 10.0. The highest BCUT2D eigenvalue weighted by Crippen LogP contribution is 2.32. The fourth-order valence-corrected chi connectivity index (χ4v) is 3.26. The zero-order valence-electron chi connectivity index (χ0n) is 13.5. The Hall–Kier alpha value is -1.61. The molecule has 4 heteroatoms. The Labute approximate surface area is 149 Å². The molecule has 5 radical (unpaired) electrons. The molecule has 1 saturated heterocycles. The van der Waals surface area contributed by atoms with Crippen LogP contribution in [0.15, 0.2) is 30.3 Å². The fraction of sp³-hybridized carbons (Fsp3) is 0.250. The second-order valence-electron chi connectivity index (χ2n) is 6.17. The Morgan fingerprint density at radius 1 is 0.833 bits per heavy atom. The average molecular weight is 337 g/mol. The first-order valence-corrected chi connectivity index (χ1v) is 8.79. The third-order valence-corrected chi connectivity index (χ3v) is 4.70. The number of aromatic nitrogens is 2. The van der Waals surface area contributed by atoms with Crippen molar-refractivity contribution in [2.45, 2.75) is 19.3 Å². The minimum atomic E-state index is 0.736. The van der Waals surface area contributed by atoms with Crippen molar-refractivity contribution in [2.75, 3.05) is 18.0 Å². The maximum atomic E-state index is 6.02. The van der Waals surface area contributed by atoms with E-state index in [1.165, 1.54) is 19.3 Å². The molecule has 1 saturated carbocycles. The molecule has 2 aromatic rings. The summed E-state index contributed by atoms with van der Waals surface area (Å²) in [6.45, 7) is 2.06. The van der Waals surface area contributed by atoms with Gasteiger partial charge < -0.3 is 4.90 Å². The molecule has 2 aliphatic rings. The summed E-state index contributed by atoms with van der Waals surface area (Å²) < 4.78 is 0. The van der Waals surface area contributed by atoms with Crippen molar-refractivity contribution < 1.29 is 0 Å². The standard InChI is InChI=1S/C20H19ClN3/c21-17-10-8-16(9-11-17)19-14-18(15-6-2-3-7-15)22-20(23-19)24-12-4-1-5-13-24/h2-3,6-11,14H,1,4-5,12-13H2. The number of rotatable bonds is 3. The number of benzene rings is 1. The molecule has 4 rings (SSSR count). The summed E-state index contributed by atoms with van der Waals surface area (Å²) >= 11 is 6.02. The number of hydrogen-bond donors (Lipinski definition) is 0. The Morgan fingerprint density at radius 3 is 2.21 bits per heavy atom. The molecule has 0 spiro atoms. The van der Waals surface area contributed by atoms with Crippen molar-refractivity contribution in [2.24, 2.45) is 0 Å². The molecule has 3 nitrogen and oxygen atoms in total. The van der Waals surface area contributed by atoms with Gasteiger partial charge in [-0.2, -0.15) is 0 Å². The van der Waals surface area contributed by atoms with Crippen LogP contribution in [0, 0.1) is 31.6 Å². The number of piperidine rings is 1. The largest absolute Gasteiger partial charge is 0.341 e. The molecule has 121 valence electrons. The van der Waals surface area contributed by atoms with E-state index >= 15 is 0 Å². The highest BCUT2D eigenvalue weighted by atomic mass is 35.5. The van der Waals surface area contributed by atoms with Crippen LogP contribution in [0.1, 0.15) is 25.0 Å². The Bertz CT molecular complexity index is 687. The van der Waals surface area contributed by atoms with Crippen molar-refractivity contribution in [3.63, 3.8) is 0 Å². The third-order valence-electron chi connectivity index (χ3n) is 4.45. The van der Waals surface area contributed by atoms with Crippen LogP contribution in [0.25, 0.3) is 11.3 Å². The summed E-state index contributed by atoms with van der Waals surface area (Å²) in [5.74, 6) is 1.96. The van der Waals surface area contributed by atoms with E-state index in [1.54, 1.807) is 0 Å². The topological polar surface area (TPSA) is 29.0 Å². The van der Waals surface area contributed by atoms with Crippen LogP contribution in [0.2, 0.25) is 5.02 Å². The molecule has 1 aromatic heterocycles. The van der Waals surface area contributed by atoms with Crippen LogP contribution in [0.4, 0.5) is 5.95 Å². The van der Waals surface area contributed by atoms with Crippen molar-refractivity contribution in [1.29, 1.82) is 0 Å². The lowest BCUT2D eigenvalue weighted by Gasteiger charge is -2.27. The molecule has 2 fully saturated rings. The van der Waals surface area contributed by atoms with E-state index in [-0.39, 0.29) is 0 Å². The highest BCUT2D eigenvalue weighted by Gasteiger charge is 2.23. The molecular formula is C20H19ClN3. The molecule has 1 aliphatic heterocycles. The lowest BCUT2D eigenvalue weighted by Crippen LogP contribution is -2.31. The van der Waals surface area contributed by atoms with Crippen LogP contribution in [0.5, 0.6) is 0 Å². The maximum Gasteiger partial charge on any atom is 0.226 e. The van der Waals surface area contributed by atoms with Crippen LogP contribution in [-0.4, -0.2) is 23.1 Å². The van der Waals surface area contributed by atoms with E-state index in [4.69, 9.17) is 21.6 Å².